The molecule has 0 saturated carbocycles. The number of hydrogen-bond acceptors (Lipinski definition) is 3. The van der Waals surface area contributed by atoms with Crippen molar-refractivity contribution in [2.75, 3.05) is 26.2 Å². The van der Waals surface area contributed by atoms with Crippen molar-refractivity contribution in [3.63, 3.8) is 0 Å². The first-order valence-electron chi connectivity index (χ1n) is 6.61. The van der Waals surface area contributed by atoms with E-state index in [9.17, 15) is 5.11 Å². The van der Waals surface area contributed by atoms with Crippen LogP contribution in [0.3, 0.4) is 0 Å². The van der Waals surface area contributed by atoms with Crippen molar-refractivity contribution in [2.45, 2.75) is 25.3 Å². The minimum absolute atomic E-state index is 0.393. The maximum atomic E-state index is 9.89. The van der Waals surface area contributed by atoms with Crippen LogP contribution < -0.4 is 5.32 Å². The number of phenolic OH excluding ortho intramolecular Hbond substituents is 1. The SMILES string of the molecule is Oc1cccc2c1CCNC2CN1CCCC1. The summed E-state index contributed by atoms with van der Waals surface area (Å²) in [6.07, 6.45) is 3.61. The van der Waals surface area contributed by atoms with Gasteiger partial charge < -0.3 is 15.3 Å². The minimum atomic E-state index is 0.393. The molecule has 0 aromatic heterocycles. The van der Waals surface area contributed by atoms with Crippen LogP contribution >= 0.6 is 0 Å². The predicted molar refractivity (Wildman–Crippen MR) is 68.2 cm³/mol. The maximum Gasteiger partial charge on any atom is 0.119 e. The number of benzene rings is 1. The zero-order valence-corrected chi connectivity index (χ0v) is 10.2. The second kappa shape index (κ2) is 4.67. The van der Waals surface area contributed by atoms with E-state index < -0.39 is 0 Å². The van der Waals surface area contributed by atoms with Gasteiger partial charge in [-0.15, -0.1) is 0 Å². The third-order valence-electron chi connectivity index (χ3n) is 3.97. The molecule has 3 rings (SSSR count). The van der Waals surface area contributed by atoms with Crippen LogP contribution in [0.4, 0.5) is 0 Å². The van der Waals surface area contributed by atoms with Crippen molar-refractivity contribution >= 4 is 0 Å². The van der Waals surface area contributed by atoms with Gasteiger partial charge in [-0.2, -0.15) is 0 Å². The van der Waals surface area contributed by atoms with Gasteiger partial charge in [0.1, 0.15) is 5.75 Å². The van der Waals surface area contributed by atoms with Gasteiger partial charge in [0.15, 0.2) is 0 Å². The molecule has 1 unspecified atom stereocenters. The van der Waals surface area contributed by atoms with E-state index >= 15 is 0 Å². The standard InChI is InChI=1S/C14H20N2O/c17-14-5-3-4-11-12(14)6-7-15-13(11)10-16-8-1-2-9-16/h3-5,13,15,17H,1-2,6-10H2. The third-order valence-corrected chi connectivity index (χ3v) is 3.97. The average Bonchev–Trinajstić information content (AvgIpc) is 2.83. The van der Waals surface area contributed by atoms with Gasteiger partial charge in [-0.1, -0.05) is 12.1 Å². The van der Waals surface area contributed by atoms with Gasteiger partial charge in [-0.25, -0.2) is 0 Å². The van der Waals surface area contributed by atoms with E-state index in [0.717, 1.165) is 25.1 Å². The van der Waals surface area contributed by atoms with Crippen LogP contribution in [0.5, 0.6) is 5.75 Å². The molecule has 1 atom stereocenters. The molecular formula is C14H20N2O. The van der Waals surface area contributed by atoms with E-state index in [1.807, 2.05) is 6.07 Å². The Morgan fingerprint density at radius 2 is 2.12 bits per heavy atom. The van der Waals surface area contributed by atoms with Gasteiger partial charge in [-0.05, 0) is 56.1 Å². The van der Waals surface area contributed by atoms with Gasteiger partial charge >= 0.3 is 0 Å². The molecule has 0 radical (unpaired) electrons. The minimum Gasteiger partial charge on any atom is -0.508 e. The van der Waals surface area contributed by atoms with E-state index in [1.165, 1.54) is 31.5 Å². The molecule has 0 bridgehead atoms. The van der Waals surface area contributed by atoms with Crippen LogP contribution in [0.25, 0.3) is 0 Å². The zero-order chi connectivity index (χ0) is 11.7. The molecule has 1 aromatic carbocycles. The number of rotatable bonds is 2. The molecule has 92 valence electrons. The first-order valence-corrected chi connectivity index (χ1v) is 6.61. The lowest BCUT2D eigenvalue weighted by Gasteiger charge is -2.30. The Morgan fingerprint density at radius 3 is 2.94 bits per heavy atom. The first-order chi connectivity index (χ1) is 8.34. The van der Waals surface area contributed by atoms with Crippen molar-refractivity contribution in [2.24, 2.45) is 0 Å². The third kappa shape index (κ3) is 2.17. The molecule has 1 fully saturated rings. The van der Waals surface area contributed by atoms with Gasteiger partial charge in [0.25, 0.3) is 0 Å². The van der Waals surface area contributed by atoms with Crippen LogP contribution in [-0.2, 0) is 6.42 Å². The molecule has 17 heavy (non-hydrogen) atoms. The van der Waals surface area contributed by atoms with Crippen molar-refractivity contribution in [3.05, 3.63) is 29.3 Å². The number of likely N-dealkylation sites (tertiary alicyclic amines) is 1. The highest BCUT2D eigenvalue weighted by Crippen LogP contribution is 2.30. The largest absolute Gasteiger partial charge is 0.508 e. The molecule has 1 saturated heterocycles. The number of nitrogens with zero attached hydrogens (tertiary/aromatic N) is 1. The van der Waals surface area contributed by atoms with Crippen molar-refractivity contribution < 1.29 is 5.11 Å². The molecule has 0 amide bonds. The van der Waals surface area contributed by atoms with Gasteiger partial charge in [0, 0.05) is 12.6 Å². The molecule has 3 nitrogen and oxygen atoms in total. The molecule has 2 aliphatic rings. The highest BCUT2D eigenvalue weighted by atomic mass is 16.3. The Labute approximate surface area is 102 Å². The Hall–Kier alpha value is -1.06. The summed E-state index contributed by atoms with van der Waals surface area (Å²) in [6.45, 7) is 4.51. The van der Waals surface area contributed by atoms with E-state index in [2.05, 4.69) is 16.3 Å². The smallest absolute Gasteiger partial charge is 0.119 e. The molecule has 2 heterocycles. The van der Waals surface area contributed by atoms with Crippen LogP contribution in [0, 0.1) is 0 Å². The summed E-state index contributed by atoms with van der Waals surface area (Å²) in [5.41, 5.74) is 2.44. The lowest BCUT2D eigenvalue weighted by Crippen LogP contribution is -2.38. The molecule has 2 N–H and O–H groups in total. The Morgan fingerprint density at radius 1 is 1.29 bits per heavy atom. The van der Waals surface area contributed by atoms with Crippen LogP contribution in [0.1, 0.15) is 30.0 Å². The lowest BCUT2D eigenvalue weighted by atomic mass is 9.93. The molecule has 0 aliphatic carbocycles. The summed E-state index contributed by atoms with van der Waals surface area (Å²) in [5.74, 6) is 0.468. The Bertz CT molecular complexity index is 399. The predicted octanol–water partition coefficient (Wildman–Crippen LogP) is 1.67. The van der Waals surface area contributed by atoms with Crippen molar-refractivity contribution in [3.8, 4) is 5.75 Å². The van der Waals surface area contributed by atoms with Crippen molar-refractivity contribution in [1.29, 1.82) is 0 Å². The van der Waals surface area contributed by atoms with Crippen molar-refractivity contribution in [1.82, 2.24) is 10.2 Å². The fourth-order valence-corrected chi connectivity index (χ4v) is 3.06. The monoisotopic (exact) mass is 232 g/mol. The lowest BCUT2D eigenvalue weighted by molar-refractivity contribution is 0.286. The van der Waals surface area contributed by atoms with E-state index in [4.69, 9.17) is 0 Å². The van der Waals surface area contributed by atoms with Crippen LogP contribution in [-0.4, -0.2) is 36.2 Å². The second-order valence-electron chi connectivity index (χ2n) is 5.11. The molecule has 0 spiro atoms. The Balaban J connectivity index is 1.81. The fourth-order valence-electron chi connectivity index (χ4n) is 3.06. The van der Waals surface area contributed by atoms with Gasteiger partial charge in [-0.3, -0.25) is 0 Å². The number of hydrogen-bond donors (Lipinski definition) is 2. The number of aromatic hydroxyl groups is 1. The van der Waals surface area contributed by atoms with Crippen LogP contribution in [0.2, 0.25) is 0 Å². The van der Waals surface area contributed by atoms with E-state index in [1.54, 1.807) is 6.07 Å². The second-order valence-corrected chi connectivity index (χ2v) is 5.11. The molecule has 3 heteroatoms. The highest BCUT2D eigenvalue weighted by molar-refractivity contribution is 5.42. The normalized spacial score (nSPS) is 24.8. The number of fused-ring (bicyclic) bond motifs is 1. The highest BCUT2D eigenvalue weighted by Gasteiger charge is 2.24. The average molecular weight is 232 g/mol. The van der Waals surface area contributed by atoms with Gasteiger partial charge in [0.2, 0.25) is 0 Å². The molecule has 2 aliphatic heterocycles. The summed E-state index contributed by atoms with van der Waals surface area (Å²) in [4.78, 5) is 2.52. The van der Waals surface area contributed by atoms with E-state index in [-0.39, 0.29) is 0 Å². The summed E-state index contributed by atoms with van der Waals surface area (Å²) < 4.78 is 0. The Kier molecular flexibility index (Phi) is 3.04. The summed E-state index contributed by atoms with van der Waals surface area (Å²) in [6, 6.07) is 6.31. The van der Waals surface area contributed by atoms with E-state index in [0.29, 0.717) is 11.8 Å². The van der Waals surface area contributed by atoms with Crippen LogP contribution in [0.15, 0.2) is 18.2 Å². The first kappa shape index (κ1) is 11.1. The zero-order valence-electron chi connectivity index (χ0n) is 10.2. The molecule has 1 aromatic rings. The summed E-state index contributed by atoms with van der Waals surface area (Å²) >= 11 is 0. The van der Waals surface area contributed by atoms with Gasteiger partial charge in [0.05, 0.1) is 0 Å². The number of phenols is 1. The quantitative estimate of drug-likeness (QED) is 0.814. The topological polar surface area (TPSA) is 35.5 Å². The fraction of sp³-hybridized carbons (Fsp3) is 0.571. The number of nitrogens with one attached hydrogen (secondary N) is 1. The molecular weight excluding hydrogens is 212 g/mol. The summed E-state index contributed by atoms with van der Waals surface area (Å²) in [5, 5.41) is 13.5. The summed E-state index contributed by atoms with van der Waals surface area (Å²) in [7, 11) is 0. The maximum absolute atomic E-state index is 9.89.